The summed E-state index contributed by atoms with van der Waals surface area (Å²) < 4.78 is 2.47. The summed E-state index contributed by atoms with van der Waals surface area (Å²) in [6, 6.07) is 25.9. The lowest BCUT2D eigenvalue weighted by molar-refractivity contribution is -0.116. The summed E-state index contributed by atoms with van der Waals surface area (Å²) in [7, 11) is 0. The Hall–Kier alpha value is -3.24. The van der Waals surface area contributed by atoms with Gasteiger partial charge in [-0.3, -0.25) is 4.79 Å². The van der Waals surface area contributed by atoms with E-state index in [9.17, 15) is 4.79 Å². The lowest BCUT2D eigenvalue weighted by Crippen LogP contribution is -2.29. The number of nitrogens with zero attached hydrogens (tertiary/aromatic N) is 2. The molecule has 2 fully saturated rings. The number of hydrogen-bond acceptors (Lipinski definition) is 2. The molecule has 1 atom stereocenters. The zero-order chi connectivity index (χ0) is 27.3. The Morgan fingerprint density at radius 1 is 0.878 bits per heavy atom. The Kier molecular flexibility index (Phi) is 9.72. The van der Waals surface area contributed by atoms with Gasteiger partial charge in [0.2, 0.25) is 5.91 Å². The number of aryl methyl sites for hydroxylation is 1. The van der Waals surface area contributed by atoms with E-state index in [0.717, 1.165) is 31.2 Å². The van der Waals surface area contributed by atoms with Crippen molar-refractivity contribution >= 4 is 40.6 Å². The molecule has 1 aromatic heterocycles. The summed E-state index contributed by atoms with van der Waals surface area (Å²) in [4.78, 5) is 16.0. The van der Waals surface area contributed by atoms with Crippen LogP contribution in [0.15, 0.2) is 79.0 Å². The molecule has 1 unspecified atom stereocenters. The van der Waals surface area contributed by atoms with Gasteiger partial charge in [-0.25, -0.2) is 0 Å². The number of para-hydroxylation sites is 1. The number of piperidine rings is 1. The van der Waals surface area contributed by atoms with Crippen molar-refractivity contribution in [1.29, 1.82) is 0 Å². The van der Waals surface area contributed by atoms with Crippen LogP contribution < -0.4 is 10.2 Å². The van der Waals surface area contributed by atoms with Crippen LogP contribution >= 0.6 is 12.4 Å². The quantitative estimate of drug-likeness (QED) is 0.230. The van der Waals surface area contributed by atoms with E-state index >= 15 is 0 Å². The van der Waals surface area contributed by atoms with Gasteiger partial charge in [0, 0.05) is 60.4 Å². The topological polar surface area (TPSA) is 37.3 Å². The summed E-state index contributed by atoms with van der Waals surface area (Å²) in [5.74, 6) is 0.789. The van der Waals surface area contributed by atoms with Crippen molar-refractivity contribution in [2.24, 2.45) is 5.92 Å². The Labute approximate surface area is 251 Å². The Balaban J connectivity index is 0.00000337. The molecule has 1 aliphatic carbocycles. The summed E-state index contributed by atoms with van der Waals surface area (Å²) in [5.41, 5.74) is 7.09. The van der Waals surface area contributed by atoms with Gasteiger partial charge in [-0.05, 0) is 86.4 Å². The molecule has 41 heavy (non-hydrogen) atoms. The van der Waals surface area contributed by atoms with Gasteiger partial charge in [0.15, 0.2) is 0 Å². The van der Waals surface area contributed by atoms with Crippen molar-refractivity contribution in [2.45, 2.75) is 77.2 Å². The molecular weight excluding hydrogens is 526 g/mol. The molecule has 1 N–H and O–H groups in total. The number of rotatable bonds is 8. The first-order chi connectivity index (χ1) is 19.6. The van der Waals surface area contributed by atoms with Crippen molar-refractivity contribution in [3.63, 3.8) is 0 Å². The van der Waals surface area contributed by atoms with Crippen LogP contribution in [-0.2, 0) is 11.3 Å². The highest BCUT2D eigenvalue weighted by molar-refractivity contribution is 5.93. The van der Waals surface area contributed by atoms with E-state index in [0.29, 0.717) is 6.42 Å². The van der Waals surface area contributed by atoms with Gasteiger partial charge in [0.1, 0.15) is 0 Å². The van der Waals surface area contributed by atoms with Crippen LogP contribution in [0, 0.1) is 12.8 Å². The third-order valence-electron chi connectivity index (χ3n) is 9.08. The van der Waals surface area contributed by atoms with E-state index < -0.39 is 0 Å². The van der Waals surface area contributed by atoms with Gasteiger partial charge in [-0.15, -0.1) is 12.4 Å². The summed E-state index contributed by atoms with van der Waals surface area (Å²) in [6.07, 6.45) is 13.3. The number of amides is 1. The molecule has 1 aliphatic heterocycles. The van der Waals surface area contributed by atoms with Crippen molar-refractivity contribution in [2.75, 3.05) is 23.3 Å². The van der Waals surface area contributed by atoms with E-state index in [-0.39, 0.29) is 24.2 Å². The molecule has 2 aliphatic rings. The second kappa shape index (κ2) is 13.6. The smallest absolute Gasteiger partial charge is 0.225 e. The standard InChI is InChI=1S/C36H43N3O.ClH/c1-27-11-10-14-29(23-27)33(24-36(40)37-30-17-19-31(20-18-30)38-21-8-3-9-22-38)34-26-39(25-28-12-4-2-5-13-28)35-16-7-6-15-32(34)35;/h6-7,10-11,14-20,23,26,28,33H,2-5,8-9,12-13,21-22,24-25H2,1H3,(H,37,40);1H. The fourth-order valence-corrected chi connectivity index (χ4v) is 6.95. The lowest BCUT2D eigenvalue weighted by Gasteiger charge is -2.28. The average molecular weight is 570 g/mol. The van der Waals surface area contributed by atoms with Gasteiger partial charge >= 0.3 is 0 Å². The van der Waals surface area contributed by atoms with Crippen LogP contribution in [0.4, 0.5) is 11.4 Å². The number of fused-ring (bicyclic) bond motifs is 1. The molecular formula is C36H44ClN3O. The first-order valence-corrected chi connectivity index (χ1v) is 15.4. The summed E-state index contributed by atoms with van der Waals surface area (Å²) >= 11 is 0. The maximum Gasteiger partial charge on any atom is 0.225 e. The van der Waals surface area contributed by atoms with Gasteiger partial charge in [0.25, 0.3) is 0 Å². The van der Waals surface area contributed by atoms with Gasteiger partial charge in [-0.1, -0.05) is 67.3 Å². The number of aromatic nitrogens is 1. The second-order valence-corrected chi connectivity index (χ2v) is 12.1. The van der Waals surface area contributed by atoms with E-state index in [1.54, 1.807) is 0 Å². The highest BCUT2D eigenvalue weighted by Crippen LogP contribution is 2.37. The third-order valence-corrected chi connectivity index (χ3v) is 9.08. The van der Waals surface area contributed by atoms with E-state index in [1.807, 2.05) is 0 Å². The van der Waals surface area contributed by atoms with Crippen LogP contribution in [0.2, 0.25) is 0 Å². The van der Waals surface area contributed by atoms with Crippen molar-refractivity contribution < 1.29 is 4.79 Å². The molecule has 1 saturated carbocycles. The molecule has 0 bridgehead atoms. The maximum atomic E-state index is 13.6. The molecule has 4 aromatic rings. The molecule has 6 rings (SSSR count). The minimum Gasteiger partial charge on any atom is -0.372 e. The van der Waals surface area contributed by atoms with Crippen LogP contribution in [-0.4, -0.2) is 23.6 Å². The minimum atomic E-state index is -0.00923. The molecule has 216 valence electrons. The molecule has 1 amide bonds. The zero-order valence-corrected chi connectivity index (χ0v) is 25.2. The van der Waals surface area contributed by atoms with Crippen LogP contribution in [0.3, 0.4) is 0 Å². The molecule has 0 spiro atoms. The lowest BCUT2D eigenvalue weighted by atomic mass is 9.87. The third kappa shape index (κ3) is 6.98. The Morgan fingerprint density at radius 2 is 1.61 bits per heavy atom. The number of benzene rings is 3. The van der Waals surface area contributed by atoms with Gasteiger partial charge in [-0.2, -0.15) is 0 Å². The number of carbonyl (C=O) groups excluding carboxylic acids is 1. The van der Waals surface area contributed by atoms with Crippen LogP contribution in [0.25, 0.3) is 10.9 Å². The molecule has 0 radical (unpaired) electrons. The monoisotopic (exact) mass is 569 g/mol. The molecule has 1 saturated heterocycles. The van der Waals surface area contributed by atoms with E-state index in [2.05, 4.69) is 101 Å². The van der Waals surface area contributed by atoms with Crippen molar-refractivity contribution in [1.82, 2.24) is 4.57 Å². The number of carbonyl (C=O) groups is 1. The van der Waals surface area contributed by atoms with Crippen LogP contribution in [0.5, 0.6) is 0 Å². The van der Waals surface area contributed by atoms with Crippen molar-refractivity contribution in [3.05, 3.63) is 95.7 Å². The maximum absolute atomic E-state index is 13.6. The second-order valence-electron chi connectivity index (χ2n) is 12.1. The highest BCUT2D eigenvalue weighted by atomic mass is 35.5. The fourth-order valence-electron chi connectivity index (χ4n) is 6.95. The predicted molar refractivity (Wildman–Crippen MR) is 175 cm³/mol. The first-order valence-electron chi connectivity index (χ1n) is 15.4. The number of hydrogen-bond donors (Lipinski definition) is 1. The normalized spacial score (nSPS) is 16.8. The van der Waals surface area contributed by atoms with E-state index in [1.165, 1.54) is 84.6 Å². The van der Waals surface area contributed by atoms with Gasteiger partial charge < -0.3 is 14.8 Å². The molecule has 5 heteroatoms. The predicted octanol–water partition coefficient (Wildman–Crippen LogP) is 9.10. The number of anilines is 2. The number of halogens is 1. The number of nitrogens with one attached hydrogen (secondary N) is 1. The fraction of sp³-hybridized carbons (Fsp3) is 0.417. The Morgan fingerprint density at radius 3 is 2.37 bits per heavy atom. The minimum absolute atomic E-state index is 0. The highest BCUT2D eigenvalue weighted by Gasteiger charge is 2.24. The van der Waals surface area contributed by atoms with Crippen molar-refractivity contribution in [3.8, 4) is 0 Å². The largest absolute Gasteiger partial charge is 0.372 e. The molecule has 3 aromatic carbocycles. The van der Waals surface area contributed by atoms with Gasteiger partial charge in [0.05, 0.1) is 0 Å². The summed E-state index contributed by atoms with van der Waals surface area (Å²) in [5, 5.41) is 4.48. The molecule has 4 nitrogen and oxygen atoms in total. The van der Waals surface area contributed by atoms with Crippen LogP contribution in [0.1, 0.15) is 80.4 Å². The SMILES string of the molecule is Cc1cccc(C(CC(=O)Nc2ccc(N3CCCCC3)cc2)c2cn(CC3CCCCC3)c3ccccc23)c1.Cl. The first kappa shape index (κ1) is 29.3. The summed E-state index contributed by atoms with van der Waals surface area (Å²) in [6.45, 7) is 5.45. The average Bonchev–Trinajstić information content (AvgIpc) is 3.35. The zero-order valence-electron chi connectivity index (χ0n) is 24.4. The molecule has 2 heterocycles. The van der Waals surface area contributed by atoms with E-state index in [4.69, 9.17) is 0 Å². The Bertz CT molecular complexity index is 1430.